The zero-order valence-electron chi connectivity index (χ0n) is 9.70. The first-order valence-corrected chi connectivity index (χ1v) is 4.93. The molecule has 3 heteroatoms. The van der Waals surface area contributed by atoms with Crippen LogP contribution in [0.2, 0.25) is 0 Å². The maximum atomic E-state index is 9.11. The Balaban J connectivity index is 2.94. The fourth-order valence-electron chi connectivity index (χ4n) is 1.19. The third-order valence-electron chi connectivity index (χ3n) is 2.09. The first-order chi connectivity index (χ1) is 6.98. The molecule has 0 aliphatic heterocycles. The molecule has 15 heavy (non-hydrogen) atoms. The number of methoxy groups -OCH3 is 1. The van der Waals surface area contributed by atoms with Gasteiger partial charge >= 0.3 is 0 Å². The molecule has 0 unspecified atom stereocenters. The molecular formula is C12H18O3. The van der Waals surface area contributed by atoms with Crippen molar-refractivity contribution in [3.05, 3.63) is 23.8 Å². The molecule has 84 valence electrons. The highest BCUT2D eigenvalue weighted by molar-refractivity contribution is 5.42. The van der Waals surface area contributed by atoms with Crippen molar-refractivity contribution in [2.45, 2.75) is 26.4 Å². The molecule has 1 aromatic carbocycles. The van der Waals surface area contributed by atoms with E-state index in [9.17, 15) is 0 Å². The van der Waals surface area contributed by atoms with Crippen molar-refractivity contribution in [3.8, 4) is 11.5 Å². The quantitative estimate of drug-likeness (QED) is 0.827. The number of benzene rings is 1. The molecule has 0 aliphatic rings. The van der Waals surface area contributed by atoms with Crippen molar-refractivity contribution in [2.75, 3.05) is 13.7 Å². The maximum Gasteiger partial charge on any atom is 0.162 e. The van der Waals surface area contributed by atoms with Crippen molar-refractivity contribution in [1.82, 2.24) is 0 Å². The van der Waals surface area contributed by atoms with E-state index in [1.807, 2.05) is 39.0 Å². The van der Waals surface area contributed by atoms with Gasteiger partial charge in [-0.15, -0.1) is 0 Å². The minimum Gasteiger partial charge on any atom is -0.493 e. The lowest BCUT2D eigenvalue weighted by atomic mass is 10.1. The van der Waals surface area contributed by atoms with E-state index in [1.165, 1.54) is 0 Å². The van der Waals surface area contributed by atoms with E-state index in [4.69, 9.17) is 14.6 Å². The fourth-order valence-corrected chi connectivity index (χ4v) is 1.19. The van der Waals surface area contributed by atoms with Gasteiger partial charge in [-0.05, 0) is 38.5 Å². The monoisotopic (exact) mass is 210 g/mol. The summed E-state index contributed by atoms with van der Waals surface area (Å²) in [5.41, 5.74) is 0.517. The molecule has 0 amide bonds. The molecule has 3 nitrogen and oxygen atoms in total. The number of aliphatic hydroxyl groups excluding tert-OH is 1. The predicted molar refractivity (Wildman–Crippen MR) is 59.5 cm³/mol. The van der Waals surface area contributed by atoms with Gasteiger partial charge in [0.1, 0.15) is 5.60 Å². The van der Waals surface area contributed by atoms with Crippen molar-refractivity contribution >= 4 is 0 Å². The van der Waals surface area contributed by atoms with Gasteiger partial charge in [-0.2, -0.15) is 0 Å². The minimum atomic E-state index is -0.595. The van der Waals surface area contributed by atoms with Gasteiger partial charge in [0.05, 0.1) is 13.7 Å². The second-order valence-electron chi connectivity index (χ2n) is 4.17. The highest BCUT2D eigenvalue weighted by atomic mass is 16.5. The molecule has 1 N–H and O–H groups in total. The Morgan fingerprint density at radius 2 is 1.93 bits per heavy atom. The van der Waals surface area contributed by atoms with Crippen LogP contribution < -0.4 is 9.47 Å². The van der Waals surface area contributed by atoms with Gasteiger partial charge in [0.25, 0.3) is 0 Å². The number of ether oxygens (including phenoxy) is 2. The molecule has 0 spiro atoms. The molecule has 0 fully saturated rings. The summed E-state index contributed by atoms with van der Waals surface area (Å²) in [5, 5.41) is 9.11. The van der Waals surface area contributed by atoms with Gasteiger partial charge in [0.2, 0.25) is 0 Å². The van der Waals surface area contributed by atoms with E-state index in [2.05, 4.69) is 0 Å². The number of hydrogen-bond acceptors (Lipinski definition) is 3. The van der Waals surface area contributed by atoms with Crippen LogP contribution in [0.15, 0.2) is 18.2 Å². The molecule has 0 atom stereocenters. The number of aliphatic hydroxyl groups is 1. The van der Waals surface area contributed by atoms with Gasteiger partial charge in [-0.3, -0.25) is 0 Å². The van der Waals surface area contributed by atoms with Gasteiger partial charge in [0.15, 0.2) is 11.5 Å². The Morgan fingerprint density at radius 1 is 1.27 bits per heavy atom. The summed E-state index contributed by atoms with van der Waals surface area (Å²) in [6.07, 6.45) is 0. The second-order valence-corrected chi connectivity index (χ2v) is 4.17. The summed E-state index contributed by atoms with van der Waals surface area (Å²) < 4.78 is 10.9. The zero-order chi connectivity index (χ0) is 11.5. The van der Waals surface area contributed by atoms with Gasteiger partial charge < -0.3 is 14.6 Å². The fraction of sp³-hybridized carbons (Fsp3) is 0.500. The van der Waals surface area contributed by atoms with E-state index in [-0.39, 0.29) is 6.61 Å². The molecule has 0 heterocycles. The maximum absolute atomic E-state index is 9.11. The number of aryl methyl sites for hydroxylation is 1. The Labute approximate surface area is 90.6 Å². The summed E-state index contributed by atoms with van der Waals surface area (Å²) in [5.74, 6) is 1.35. The van der Waals surface area contributed by atoms with Crippen LogP contribution in [0.5, 0.6) is 11.5 Å². The standard InChI is InChI=1S/C12H18O3/c1-9-5-6-10(11(7-9)14-4)15-12(2,3)8-13/h5-7,13H,8H2,1-4H3. The number of hydrogen-bond donors (Lipinski definition) is 1. The molecule has 0 saturated heterocycles. The van der Waals surface area contributed by atoms with Crippen LogP contribution in [0.1, 0.15) is 19.4 Å². The topological polar surface area (TPSA) is 38.7 Å². The summed E-state index contributed by atoms with van der Waals surface area (Å²) in [6, 6.07) is 5.71. The minimum absolute atomic E-state index is 0.0377. The Bertz CT molecular complexity index is 332. The van der Waals surface area contributed by atoms with Crippen LogP contribution in [0.25, 0.3) is 0 Å². The highest BCUT2D eigenvalue weighted by Crippen LogP contribution is 2.30. The molecular weight excluding hydrogens is 192 g/mol. The zero-order valence-corrected chi connectivity index (χ0v) is 9.70. The number of rotatable bonds is 4. The van der Waals surface area contributed by atoms with Gasteiger partial charge in [-0.25, -0.2) is 0 Å². The summed E-state index contributed by atoms with van der Waals surface area (Å²) in [7, 11) is 1.60. The van der Waals surface area contributed by atoms with E-state index in [0.29, 0.717) is 11.5 Å². The van der Waals surface area contributed by atoms with Crippen LogP contribution in [-0.2, 0) is 0 Å². The van der Waals surface area contributed by atoms with Crippen LogP contribution in [0, 0.1) is 6.92 Å². The molecule has 1 aromatic rings. The lowest BCUT2D eigenvalue weighted by molar-refractivity contribution is 0.0390. The summed E-state index contributed by atoms with van der Waals surface area (Å²) >= 11 is 0. The van der Waals surface area contributed by atoms with Gasteiger partial charge in [0, 0.05) is 0 Å². The molecule has 0 aromatic heterocycles. The van der Waals surface area contributed by atoms with E-state index in [1.54, 1.807) is 7.11 Å². The van der Waals surface area contributed by atoms with Crippen molar-refractivity contribution in [1.29, 1.82) is 0 Å². The van der Waals surface area contributed by atoms with Crippen LogP contribution in [0.4, 0.5) is 0 Å². The first-order valence-electron chi connectivity index (χ1n) is 4.93. The van der Waals surface area contributed by atoms with Gasteiger partial charge in [-0.1, -0.05) is 6.07 Å². The molecule has 0 aliphatic carbocycles. The lowest BCUT2D eigenvalue weighted by Gasteiger charge is -2.25. The lowest BCUT2D eigenvalue weighted by Crippen LogP contribution is -2.32. The Morgan fingerprint density at radius 3 is 2.47 bits per heavy atom. The third-order valence-corrected chi connectivity index (χ3v) is 2.09. The third kappa shape index (κ3) is 3.13. The van der Waals surface area contributed by atoms with Crippen molar-refractivity contribution in [3.63, 3.8) is 0 Å². The van der Waals surface area contributed by atoms with Crippen LogP contribution >= 0.6 is 0 Å². The SMILES string of the molecule is COc1cc(C)ccc1OC(C)(C)CO. The van der Waals surface area contributed by atoms with E-state index < -0.39 is 5.60 Å². The Kier molecular flexibility index (Phi) is 3.58. The smallest absolute Gasteiger partial charge is 0.162 e. The van der Waals surface area contributed by atoms with Crippen molar-refractivity contribution in [2.24, 2.45) is 0 Å². The Hall–Kier alpha value is -1.22. The average Bonchev–Trinajstić information content (AvgIpc) is 2.20. The molecule has 0 bridgehead atoms. The molecule has 0 saturated carbocycles. The highest BCUT2D eigenvalue weighted by Gasteiger charge is 2.20. The molecule has 1 rings (SSSR count). The largest absolute Gasteiger partial charge is 0.493 e. The second kappa shape index (κ2) is 4.53. The van der Waals surface area contributed by atoms with E-state index in [0.717, 1.165) is 5.56 Å². The van der Waals surface area contributed by atoms with Crippen molar-refractivity contribution < 1.29 is 14.6 Å². The summed E-state index contributed by atoms with van der Waals surface area (Å²) in [6.45, 7) is 5.60. The first kappa shape index (κ1) is 11.9. The predicted octanol–water partition coefficient (Wildman–Crippen LogP) is 2.15. The van der Waals surface area contributed by atoms with Crippen LogP contribution in [0.3, 0.4) is 0 Å². The molecule has 0 radical (unpaired) electrons. The summed E-state index contributed by atoms with van der Waals surface area (Å²) in [4.78, 5) is 0. The average molecular weight is 210 g/mol. The van der Waals surface area contributed by atoms with E-state index >= 15 is 0 Å². The normalized spacial score (nSPS) is 11.3. The van der Waals surface area contributed by atoms with Crippen LogP contribution in [-0.4, -0.2) is 24.4 Å².